The van der Waals surface area contributed by atoms with E-state index in [-0.39, 0.29) is 11.1 Å². The number of hydrogen-bond donors (Lipinski definition) is 0. The Morgan fingerprint density at radius 1 is 1.00 bits per heavy atom. The smallest absolute Gasteiger partial charge is 0.289 e. The Bertz CT molecular complexity index is 759. The first kappa shape index (κ1) is 19.3. The highest BCUT2D eigenvalue weighted by molar-refractivity contribution is 9.10. The SMILES string of the molecule is CC(C)(C)C1=C/C(=C/N=Nc2ccc(Br)cc2)C=C(C(F)(F)F)C1=O. The maximum Gasteiger partial charge on any atom is 0.420 e. The molecule has 0 unspecified atom stereocenters. The zero-order valence-corrected chi connectivity index (χ0v) is 15.4. The van der Waals surface area contributed by atoms with E-state index in [0.717, 1.165) is 10.5 Å². The molecule has 132 valence electrons. The highest BCUT2D eigenvalue weighted by Gasteiger charge is 2.43. The third-order valence-corrected chi connectivity index (χ3v) is 3.96. The number of allylic oxidation sites excluding steroid dienone is 5. The Morgan fingerprint density at radius 3 is 2.08 bits per heavy atom. The average molecular weight is 413 g/mol. The molecule has 1 aliphatic carbocycles. The number of benzene rings is 1. The molecule has 0 N–H and O–H groups in total. The van der Waals surface area contributed by atoms with Crippen LogP contribution in [0.25, 0.3) is 0 Å². The molecule has 0 bridgehead atoms. The molecule has 0 aromatic heterocycles. The number of Topliss-reactive ketones (excluding diaryl/α,β-unsaturated/α-hetero) is 1. The number of carbonyl (C=O) groups is 1. The molecule has 1 aromatic carbocycles. The maximum atomic E-state index is 13.1. The van der Waals surface area contributed by atoms with Crippen LogP contribution in [0.1, 0.15) is 20.8 Å². The predicted molar refractivity (Wildman–Crippen MR) is 93.4 cm³/mol. The minimum Gasteiger partial charge on any atom is -0.289 e. The summed E-state index contributed by atoms with van der Waals surface area (Å²) in [5.74, 6) is -0.998. The fourth-order valence-corrected chi connectivity index (χ4v) is 2.43. The normalized spacial score (nSPS) is 17.9. The van der Waals surface area contributed by atoms with E-state index < -0.39 is 22.9 Å². The second-order valence-corrected chi connectivity index (χ2v) is 7.43. The summed E-state index contributed by atoms with van der Waals surface area (Å²) >= 11 is 3.29. The van der Waals surface area contributed by atoms with Gasteiger partial charge in [-0.3, -0.25) is 4.79 Å². The zero-order valence-electron chi connectivity index (χ0n) is 13.9. The third kappa shape index (κ3) is 4.98. The van der Waals surface area contributed by atoms with Gasteiger partial charge in [-0.05, 0) is 47.4 Å². The zero-order chi connectivity index (χ0) is 18.8. The van der Waals surface area contributed by atoms with E-state index >= 15 is 0 Å². The monoisotopic (exact) mass is 412 g/mol. The van der Waals surface area contributed by atoms with Gasteiger partial charge in [0.2, 0.25) is 0 Å². The van der Waals surface area contributed by atoms with Gasteiger partial charge in [0.1, 0.15) is 5.57 Å². The molecular formula is C18H16BrF3N2O. The second-order valence-electron chi connectivity index (χ2n) is 6.51. The Hall–Kier alpha value is -2.02. The van der Waals surface area contributed by atoms with Crippen LogP contribution in [0, 0.1) is 5.41 Å². The average Bonchev–Trinajstić information content (AvgIpc) is 2.48. The van der Waals surface area contributed by atoms with Crippen molar-refractivity contribution in [2.24, 2.45) is 15.6 Å². The standard InChI is InChI=1S/C18H16BrF3N2O/c1-17(2,3)14-8-11(9-15(16(14)25)18(20,21)22)10-23-24-13-6-4-12(19)5-7-13/h4-10H,1-3H3/b11-10-,24-23?. The molecule has 0 atom stereocenters. The van der Waals surface area contributed by atoms with Crippen molar-refractivity contribution in [1.29, 1.82) is 0 Å². The van der Waals surface area contributed by atoms with Crippen LogP contribution in [0.4, 0.5) is 18.9 Å². The van der Waals surface area contributed by atoms with E-state index in [1.165, 1.54) is 12.3 Å². The summed E-state index contributed by atoms with van der Waals surface area (Å²) < 4.78 is 40.3. The lowest BCUT2D eigenvalue weighted by Crippen LogP contribution is -2.29. The van der Waals surface area contributed by atoms with E-state index in [1.807, 2.05) is 0 Å². The van der Waals surface area contributed by atoms with Crippen LogP contribution in [0.3, 0.4) is 0 Å². The summed E-state index contributed by atoms with van der Waals surface area (Å²) in [6.45, 7) is 5.07. The number of alkyl halides is 3. The van der Waals surface area contributed by atoms with E-state index in [0.29, 0.717) is 5.69 Å². The van der Waals surface area contributed by atoms with Crippen molar-refractivity contribution < 1.29 is 18.0 Å². The van der Waals surface area contributed by atoms with Gasteiger partial charge in [0.15, 0.2) is 5.78 Å². The van der Waals surface area contributed by atoms with Crippen LogP contribution >= 0.6 is 15.9 Å². The van der Waals surface area contributed by atoms with Crippen LogP contribution in [-0.4, -0.2) is 12.0 Å². The van der Waals surface area contributed by atoms with Gasteiger partial charge >= 0.3 is 6.18 Å². The van der Waals surface area contributed by atoms with Gasteiger partial charge < -0.3 is 0 Å². The fourth-order valence-electron chi connectivity index (χ4n) is 2.16. The molecule has 1 aromatic rings. The van der Waals surface area contributed by atoms with Crippen molar-refractivity contribution in [3.05, 3.63) is 63.8 Å². The van der Waals surface area contributed by atoms with E-state index in [1.54, 1.807) is 45.0 Å². The number of hydrogen-bond acceptors (Lipinski definition) is 3. The minimum absolute atomic E-state index is 0.0902. The van der Waals surface area contributed by atoms with Gasteiger partial charge in [-0.25, -0.2) is 0 Å². The first-order chi connectivity index (χ1) is 11.5. The van der Waals surface area contributed by atoms with Crippen LogP contribution < -0.4 is 0 Å². The molecule has 1 aliphatic rings. The van der Waals surface area contributed by atoms with E-state index in [4.69, 9.17) is 0 Å². The van der Waals surface area contributed by atoms with Crippen LogP contribution in [0.5, 0.6) is 0 Å². The Balaban J connectivity index is 2.39. The summed E-state index contributed by atoms with van der Waals surface area (Å²) in [5, 5.41) is 7.77. The highest BCUT2D eigenvalue weighted by atomic mass is 79.9. The van der Waals surface area contributed by atoms with Gasteiger partial charge in [-0.15, -0.1) is 0 Å². The number of azo groups is 1. The third-order valence-electron chi connectivity index (χ3n) is 3.43. The molecule has 0 saturated carbocycles. The van der Waals surface area contributed by atoms with Gasteiger partial charge in [-0.2, -0.15) is 23.4 Å². The van der Waals surface area contributed by atoms with Crippen LogP contribution in [-0.2, 0) is 4.79 Å². The quantitative estimate of drug-likeness (QED) is 0.513. The highest BCUT2D eigenvalue weighted by Crippen LogP contribution is 2.38. The van der Waals surface area contributed by atoms with E-state index in [2.05, 4.69) is 26.2 Å². The first-order valence-corrected chi connectivity index (χ1v) is 8.20. The van der Waals surface area contributed by atoms with Crippen molar-refractivity contribution in [1.82, 2.24) is 0 Å². The van der Waals surface area contributed by atoms with Crippen molar-refractivity contribution in [2.45, 2.75) is 26.9 Å². The molecule has 7 heteroatoms. The fraction of sp³-hybridized carbons (Fsp3) is 0.278. The number of carbonyl (C=O) groups excluding carboxylic acids is 1. The summed E-state index contributed by atoms with van der Waals surface area (Å²) in [6.07, 6.45) is -1.27. The molecule has 25 heavy (non-hydrogen) atoms. The molecule has 0 heterocycles. The maximum absolute atomic E-state index is 13.1. The van der Waals surface area contributed by atoms with Gasteiger partial charge in [0.05, 0.1) is 11.9 Å². The number of nitrogens with zero attached hydrogens (tertiary/aromatic N) is 2. The molecule has 3 nitrogen and oxygen atoms in total. The molecule has 0 radical (unpaired) electrons. The van der Waals surface area contributed by atoms with Gasteiger partial charge in [0, 0.05) is 10.0 Å². The largest absolute Gasteiger partial charge is 0.420 e. The summed E-state index contributed by atoms with van der Waals surface area (Å²) in [6, 6.07) is 6.98. The van der Waals surface area contributed by atoms with Crippen molar-refractivity contribution in [2.75, 3.05) is 0 Å². The summed E-state index contributed by atoms with van der Waals surface area (Å²) in [7, 11) is 0. The van der Waals surface area contributed by atoms with Gasteiger partial charge in [0.25, 0.3) is 0 Å². The summed E-state index contributed by atoms with van der Waals surface area (Å²) in [5.41, 5.74) is -1.08. The minimum atomic E-state index is -4.72. The Kier molecular flexibility index (Phi) is 5.46. The first-order valence-electron chi connectivity index (χ1n) is 7.41. The lowest BCUT2D eigenvalue weighted by atomic mass is 9.78. The Morgan fingerprint density at radius 2 is 1.56 bits per heavy atom. The lowest BCUT2D eigenvalue weighted by molar-refractivity contribution is -0.126. The van der Waals surface area contributed by atoms with E-state index in [9.17, 15) is 18.0 Å². The number of ketones is 1. The molecular weight excluding hydrogens is 397 g/mol. The number of rotatable bonds is 2. The molecule has 0 amide bonds. The molecule has 0 spiro atoms. The molecule has 2 rings (SSSR count). The van der Waals surface area contributed by atoms with Gasteiger partial charge in [-0.1, -0.05) is 36.7 Å². The lowest BCUT2D eigenvalue weighted by Gasteiger charge is -2.26. The molecule has 0 fully saturated rings. The molecule has 0 aliphatic heterocycles. The van der Waals surface area contributed by atoms with Crippen LogP contribution in [0.15, 0.2) is 74.0 Å². The van der Waals surface area contributed by atoms with Crippen molar-refractivity contribution in [3.63, 3.8) is 0 Å². The van der Waals surface area contributed by atoms with Crippen molar-refractivity contribution in [3.8, 4) is 0 Å². The molecule has 0 saturated heterocycles. The topological polar surface area (TPSA) is 41.8 Å². The summed E-state index contributed by atoms with van der Waals surface area (Å²) in [4.78, 5) is 12.1. The number of halogens is 4. The Labute approximate surface area is 152 Å². The second kappa shape index (κ2) is 7.07. The van der Waals surface area contributed by atoms with Crippen molar-refractivity contribution >= 4 is 27.4 Å². The van der Waals surface area contributed by atoms with Crippen LogP contribution in [0.2, 0.25) is 0 Å². The predicted octanol–water partition coefficient (Wildman–Crippen LogP) is 6.46.